The fraction of sp³-hybridized carbons (Fsp3) is 1.00. The van der Waals surface area contributed by atoms with Gasteiger partial charge < -0.3 is 9.13 Å². The Hall–Kier alpha value is 0.460. The Balaban J connectivity index is 1.52. The molecule has 0 saturated heterocycles. The van der Waals surface area contributed by atoms with Crippen molar-refractivity contribution < 1.29 is 9.13 Å². The minimum Gasteiger partial charge on any atom is -0.323 e. The summed E-state index contributed by atoms with van der Waals surface area (Å²) in [5.74, 6) is 0.388. The molecule has 0 aromatic rings. The van der Waals surface area contributed by atoms with Gasteiger partial charge in [0.2, 0.25) is 0 Å². The summed E-state index contributed by atoms with van der Waals surface area (Å²) in [6, 6.07) is 0. The summed E-state index contributed by atoms with van der Waals surface area (Å²) < 4.78 is 29.8. The first-order valence-electron chi connectivity index (χ1n) is 14.7. The maximum absolute atomic E-state index is 14.9. The summed E-state index contributed by atoms with van der Waals surface area (Å²) in [6.45, 7) is 2.36. The number of hydrogen-bond acceptors (Lipinski definition) is 2. The third-order valence-electron chi connectivity index (χ3n) is 9.97. The van der Waals surface area contributed by atoms with Gasteiger partial charge >= 0.3 is 0 Å². The molecule has 4 aliphatic carbocycles. The predicted octanol–water partition coefficient (Wildman–Crippen LogP) is 9.68. The van der Waals surface area contributed by atoms with Crippen LogP contribution in [0, 0.1) is 5.92 Å². The molecule has 4 aliphatic rings. The number of hydrogen-bond donors (Lipinski definition) is 0. The number of rotatable bonds is 8. The zero-order valence-corrected chi connectivity index (χ0v) is 22.9. The Kier molecular flexibility index (Phi) is 9.53. The molecular weight excluding hydrogens is 430 g/mol. The van der Waals surface area contributed by atoms with Gasteiger partial charge in [-0.05, 0) is 57.3 Å². The average molecular weight is 483 g/mol. The molecule has 0 unspecified atom stereocenters. The van der Waals surface area contributed by atoms with Crippen LogP contribution in [0.5, 0.6) is 0 Å². The van der Waals surface area contributed by atoms with Crippen LogP contribution in [0.2, 0.25) is 0 Å². The van der Waals surface area contributed by atoms with Crippen molar-refractivity contribution in [1.82, 2.24) is 0 Å². The second-order valence-electron chi connectivity index (χ2n) is 12.3. The average Bonchev–Trinajstić information content (AvgIpc) is 2.86. The minimum absolute atomic E-state index is 0.388. The van der Waals surface area contributed by atoms with Gasteiger partial charge in [-0.2, -0.15) is 0 Å². The molecule has 0 radical (unpaired) electrons. The normalized spacial score (nSPS) is 26.6. The second kappa shape index (κ2) is 11.9. The van der Waals surface area contributed by atoms with Crippen LogP contribution >= 0.6 is 14.3 Å². The van der Waals surface area contributed by atoms with Crippen molar-refractivity contribution in [2.45, 2.75) is 158 Å². The van der Waals surface area contributed by atoms with Crippen LogP contribution in [0.1, 0.15) is 135 Å². The topological polar surface area (TPSA) is 34.1 Å². The van der Waals surface area contributed by atoms with E-state index in [1.54, 1.807) is 0 Å². The van der Waals surface area contributed by atoms with Gasteiger partial charge in [0.25, 0.3) is 0 Å². The molecular formula is C28H52O2P2. The molecule has 4 fully saturated rings. The van der Waals surface area contributed by atoms with Crippen molar-refractivity contribution in [3.8, 4) is 0 Å². The maximum atomic E-state index is 14.9. The highest BCUT2D eigenvalue weighted by molar-refractivity contribution is 7.66. The van der Waals surface area contributed by atoms with E-state index in [9.17, 15) is 9.13 Å². The molecule has 186 valence electrons. The van der Waals surface area contributed by atoms with Crippen LogP contribution in [0.4, 0.5) is 0 Å². The van der Waals surface area contributed by atoms with Gasteiger partial charge in [0.1, 0.15) is 0 Å². The maximum Gasteiger partial charge on any atom is 0.0938 e. The summed E-state index contributed by atoms with van der Waals surface area (Å²) >= 11 is 0. The molecule has 4 heteroatoms. The predicted molar refractivity (Wildman–Crippen MR) is 142 cm³/mol. The highest BCUT2D eigenvalue weighted by atomic mass is 31.2. The first-order valence-corrected chi connectivity index (χ1v) is 18.8. The van der Waals surface area contributed by atoms with Gasteiger partial charge in [-0.1, -0.05) is 84.0 Å². The van der Waals surface area contributed by atoms with Gasteiger partial charge in [0, 0.05) is 35.0 Å². The highest BCUT2D eigenvalue weighted by Gasteiger charge is 2.45. The summed E-state index contributed by atoms with van der Waals surface area (Å²) in [5.41, 5.74) is 1.96. The molecule has 0 aromatic carbocycles. The lowest BCUT2D eigenvalue weighted by molar-refractivity contribution is 0.436. The second-order valence-corrected chi connectivity index (χ2v) is 19.4. The van der Waals surface area contributed by atoms with Gasteiger partial charge in [0.05, 0.1) is 14.3 Å². The molecule has 0 bridgehead atoms. The molecule has 2 nitrogen and oxygen atoms in total. The lowest BCUT2D eigenvalue weighted by atomic mass is 9.99. The zero-order valence-electron chi connectivity index (χ0n) is 21.2. The van der Waals surface area contributed by atoms with Crippen molar-refractivity contribution in [3.63, 3.8) is 0 Å². The van der Waals surface area contributed by atoms with E-state index in [0.717, 1.165) is 12.3 Å². The monoisotopic (exact) mass is 482 g/mol. The quantitative estimate of drug-likeness (QED) is 0.323. The van der Waals surface area contributed by atoms with Gasteiger partial charge in [-0.3, -0.25) is 0 Å². The van der Waals surface area contributed by atoms with E-state index in [1.165, 1.54) is 128 Å². The van der Waals surface area contributed by atoms with Crippen LogP contribution in [0.15, 0.2) is 0 Å². The van der Waals surface area contributed by atoms with Crippen molar-refractivity contribution in [2.75, 3.05) is 12.3 Å². The van der Waals surface area contributed by atoms with Gasteiger partial charge in [-0.15, -0.1) is 0 Å². The molecule has 0 heterocycles. The first kappa shape index (κ1) is 25.5. The van der Waals surface area contributed by atoms with E-state index >= 15 is 0 Å². The molecule has 0 N–H and O–H groups in total. The third kappa shape index (κ3) is 5.99. The Bertz CT molecular complexity index is 550. The minimum atomic E-state index is -2.21. The van der Waals surface area contributed by atoms with Crippen LogP contribution in [0.3, 0.4) is 0 Å². The van der Waals surface area contributed by atoms with E-state index in [-0.39, 0.29) is 0 Å². The van der Waals surface area contributed by atoms with E-state index in [2.05, 4.69) is 6.92 Å². The van der Waals surface area contributed by atoms with E-state index in [4.69, 9.17) is 0 Å². The van der Waals surface area contributed by atoms with E-state index in [1.807, 2.05) is 0 Å². The zero-order chi connectivity index (χ0) is 22.4. The molecule has 32 heavy (non-hydrogen) atoms. The van der Waals surface area contributed by atoms with E-state index in [0.29, 0.717) is 28.6 Å². The molecule has 0 amide bonds. The van der Waals surface area contributed by atoms with Crippen molar-refractivity contribution in [2.24, 2.45) is 5.92 Å². The fourth-order valence-corrected chi connectivity index (χ4v) is 18.0. The van der Waals surface area contributed by atoms with Crippen LogP contribution < -0.4 is 0 Å². The summed E-state index contributed by atoms with van der Waals surface area (Å²) in [7, 11) is -4.43. The van der Waals surface area contributed by atoms with Crippen LogP contribution in [-0.4, -0.2) is 35.0 Å². The van der Waals surface area contributed by atoms with Crippen molar-refractivity contribution in [1.29, 1.82) is 0 Å². The Morgan fingerprint density at radius 3 is 0.906 bits per heavy atom. The van der Waals surface area contributed by atoms with E-state index < -0.39 is 14.3 Å². The summed E-state index contributed by atoms with van der Waals surface area (Å²) in [5, 5.41) is 0. The first-order chi connectivity index (χ1) is 15.5. The SMILES string of the molecule is CC(CP(=O)(C1CCCCC1)C1CCCCC1)CP(=O)(C1CCCCC1)C1CCCCC1. The van der Waals surface area contributed by atoms with Crippen molar-refractivity contribution >= 4 is 14.3 Å². The molecule has 0 spiro atoms. The lowest BCUT2D eigenvalue weighted by Gasteiger charge is -2.42. The molecule has 4 saturated carbocycles. The summed E-state index contributed by atoms with van der Waals surface area (Å²) in [6.07, 6.45) is 27.2. The highest BCUT2D eigenvalue weighted by Crippen LogP contribution is 2.67. The van der Waals surface area contributed by atoms with Gasteiger partial charge in [-0.25, -0.2) is 0 Å². The summed E-state index contributed by atoms with van der Waals surface area (Å²) in [4.78, 5) is 0. The van der Waals surface area contributed by atoms with Crippen molar-refractivity contribution in [3.05, 3.63) is 0 Å². The smallest absolute Gasteiger partial charge is 0.0938 e. The molecule has 4 rings (SSSR count). The lowest BCUT2D eigenvalue weighted by Crippen LogP contribution is -2.30. The Labute approximate surface area is 199 Å². The Morgan fingerprint density at radius 2 is 0.688 bits per heavy atom. The fourth-order valence-electron chi connectivity index (χ4n) is 8.30. The molecule has 0 aromatic heterocycles. The third-order valence-corrected chi connectivity index (χ3v) is 19.4. The largest absolute Gasteiger partial charge is 0.323 e. The van der Waals surface area contributed by atoms with Gasteiger partial charge in [0.15, 0.2) is 0 Å². The van der Waals surface area contributed by atoms with Crippen LogP contribution in [0.25, 0.3) is 0 Å². The standard InChI is InChI=1S/C28H52O2P2/c1-24(22-31(29,25-14-6-2-7-15-25)26-16-8-3-9-17-26)23-32(30,27-18-10-4-11-19-27)28-20-12-5-13-21-28/h24-28H,2-23H2,1H3. The van der Waals surface area contributed by atoms with Crippen LogP contribution in [-0.2, 0) is 9.13 Å². The molecule has 0 aliphatic heterocycles. The Morgan fingerprint density at radius 1 is 0.469 bits per heavy atom. The molecule has 0 atom stereocenters.